The van der Waals surface area contributed by atoms with Gasteiger partial charge in [-0.05, 0) is 42.8 Å². The summed E-state index contributed by atoms with van der Waals surface area (Å²) in [5.74, 6) is 0.551. The second kappa shape index (κ2) is 7.25. The van der Waals surface area contributed by atoms with Crippen molar-refractivity contribution >= 4 is 28.3 Å². The molecule has 1 N–H and O–H groups in total. The van der Waals surface area contributed by atoms with Gasteiger partial charge in [-0.25, -0.2) is 4.79 Å². The lowest BCUT2D eigenvalue weighted by Crippen LogP contribution is -2.24. The Bertz CT molecular complexity index is 1140. The van der Waals surface area contributed by atoms with Gasteiger partial charge >= 0.3 is 5.69 Å². The molecule has 0 saturated carbocycles. The van der Waals surface area contributed by atoms with E-state index in [1.165, 1.54) is 0 Å². The Balaban J connectivity index is 1.88. The van der Waals surface area contributed by atoms with E-state index in [2.05, 4.69) is 10.3 Å². The van der Waals surface area contributed by atoms with Gasteiger partial charge in [0.1, 0.15) is 5.82 Å². The van der Waals surface area contributed by atoms with E-state index in [-0.39, 0.29) is 11.7 Å². The molecule has 1 heterocycles. The van der Waals surface area contributed by atoms with Crippen LogP contribution in [0.3, 0.4) is 0 Å². The quantitative estimate of drug-likeness (QED) is 0.532. The van der Waals surface area contributed by atoms with Crippen molar-refractivity contribution in [2.24, 2.45) is 0 Å². The van der Waals surface area contributed by atoms with Crippen molar-refractivity contribution in [3.8, 4) is 5.69 Å². The van der Waals surface area contributed by atoms with Gasteiger partial charge in [-0.1, -0.05) is 60.1 Å². The summed E-state index contributed by atoms with van der Waals surface area (Å²) in [5, 5.41) is 4.78. The molecule has 0 radical (unpaired) electrons. The zero-order valence-electron chi connectivity index (χ0n) is 14.8. The first kappa shape index (κ1) is 17.3. The first-order valence-corrected chi connectivity index (χ1v) is 9.10. The van der Waals surface area contributed by atoms with Gasteiger partial charge in [0.15, 0.2) is 0 Å². The summed E-state index contributed by atoms with van der Waals surface area (Å²) in [5.41, 5.74) is 2.24. The molecule has 0 aliphatic carbocycles. The molecule has 0 saturated heterocycles. The van der Waals surface area contributed by atoms with Crippen LogP contribution in [0.15, 0.2) is 83.7 Å². The Morgan fingerprint density at radius 1 is 0.963 bits per heavy atom. The van der Waals surface area contributed by atoms with Crippen LogP contribution in [0.4, 0.5) is 5.82 Å². The molecule has 4 aromatic rings. The highest BCUT2D eigenvalue weighted by atomic mass is 35.5. The van der Waals surface area contributed by atoms with E-state index in [0.29, 0.717) is 10.8 Å². The standard InChI is InChI=1S/C22H18ClN3O/c1-15(16-8-4-2-5-9-16)24-21-19-13-12-17(23)14-20(19)26(22(27)25-21)18-10-6-3-7-11-18/h2-15H,1H3,(H,24,25,27). The molecular formula is C22H18ClN3O. The van der Waals surface area contributed by atoms with Crippen molar-refractivity contribution in [1.82, 2.24) is 9.55 Å². The normalized spacial score (nSPS) is 12.1. The maximum Gasteiger partial charge on any atom is 0.354 e. The Kier molecular flexibility index (Phi) is 4.65. The van der Waals surface area contributed by atoms with Crippen molar-refractivity contribution in [3.63, 3.8) is 0 Å². The fourth-order valence-electron chi connectivity index (χ4n) is 3.17. The Morgan fingerprint density at radius 2 is 1.63 bits per heavy atom. The van der Waals surface area contributed by atoms with Crippen LogP contribution in [0.2, 0.25) is 5.02 Å². The van der Waals surface area contributed by atoms with Crippen LogP contribution in [-0.4, -0.2) is 9.55 Å². The van der Waals surface area contributed by atoms with Gasteiger partial charge < -0.3 is 5.32 Å². The molecule has 0 bridgehead atoms. The van der Waals surface area contributed by atoms with E-state index in [1.807, 2.05) is 79.7 Å². The van der Waals surface area contributed by atoms with E-state index < -0.39 is 0 Å². The van der Waals surface area contributed by atoms with Crippen molar-refractivity contribution in [3.05, 3.63) is 99.9 Å². The molecule has 4 nitrogen and oxygen atoms in total. The summed E-state index contributed by atoms with van der Waals surface area (Å²) in [6.45, 7) is 2.04. The highest BCUT2D eigenvalue weighted by molar-refractivity contribution is 6.31. The summed E-state index contributed by atoms with van der Waals surface area (Å²) in [6, 6.07) is 25.0. The third-order valence-corrected chi connectivity index (χ3v) is 4.76. The maximum absolute atomic E-state index is 12.9. The number of halogens is 1. The largest absolute Gasteiger partial charge is 0.363 e. The SMILES string of the molecule is CC(Nc1nc(=O)n(-c2ccccc2)c2cc(Cl)ccc12)c1ccccc1. The van der Waals surface area contributed by atoms with Gasteiger partial charge in [0.2, 0.25) is 0 Å². The maximum atomic E-state index is 12.9. The molecule has 1 aromatic heterocycles. The molecule has 0 fully saturated rings. The summed E-state index contributed by atoms with van der Waals surface area (Å²) in [6.07, 6.45) is 0. The molecule has 0 aliphatic rings. The summed E-state index contributed by atoms with van der Waals surface area (Å²) < 4.78 is 1.58. The average molecular weight is 376 g/mol. The van der Waals surface area contributed by atoms with E-state index in [9.17, 15) is 4.79 Å². The van der Waals surface area contributed by atoms with Crippen molar-refractivity contribution < 1.29 is 0 Å². The molecule has 4 rings (SSSR count). The molecule has 134 valence electrons. The second-order valence-electron chi connectivity index (χ2n) is 6.35. The molecule has 0 spiro atoms. The highest BCUT2D eigenvalue weighted by Crippen LogP contribution is 2.27. The van der Waals surface area contributed by atoms with Crippen LogP contribution in [-0.2, 0) is 0 Å². The lowest BCUT2D eigenvalue weighted by Gasteiger charge is -2.18. The minimum Gasteiger partial charge on any atom is -0.363 e. The minimum absolute atomic E-state index is 0.00422. The lowest BCUT2D eigenvalue weighted by atomic mass is 10.1. The molecule has 1 atom stereocenters. The lowest BCUT2D eigenvalue weighted by molar-refractivity contribution is 0.864. The van der Waals surface area contributed by atoms with Gasteiger partial charge in [0, 0.05) is 16.5 Å². The fraction of sp³-hybridized carbons (Fsp3) is 0.0909. The number of benzene rings is 3. The second-order valence-corrected chi connectivity index (χ2v) is 6.79. The van der Waals surface area contributed by atoms with Gasteiger partial charge in [0.05, 0.1) is 11.2 Å². The smallest absolute Gasteiger partial charge is 0.354 e. The third-order valence-electron chi connectivity index (χ3n) is 4.52. The van der Waals surface area contributed by atoms with Crippen LogP contribution in [0, 0.1) is 0 Å². The summed E-state index contributed by atoms with van der Waals surface area (Å²) in [4.78, 5) is 17.2. The monoisotopic (exact) mass is 375 g/mol. The molecule has 0 amide bonds. The number of hydrogen-bond acceptors (Lipinski definition) is 3. The number of nitrogens with zero attached hydrogens (tertiary/aromatic N) is 2. The van der Waals surface area contributed by atoms with Crippen LogP contribution < -0.4 is 11.0 Å². The van der Waals surface area contributed by atoms with Crippen molar-refractivity contribution in [2.45, 2.75) is 13.0 Å². The Hall–Kier alpha value is -3.11. The highest BCUT2D eigenvalue weighted by Gasteiger charge is 2.14. The number of anilines is 1. The molecule has 0 aliphatic heterocycles. The van der Waals surface area contributed by atoms with Gasteiger partial charge in [0.25, 0.3) is 0 Å². The average Bonchev–Trinajstić information content (AvgIpc) is 2.69. The van der Waals surface area contributed by atoms with E-state index >= 15 is 0 Å². The number of rotatable bonds is 4. The molecular weight excluding hydrogens is 358 g/mol. The molecule has 5 heteroatoms. The predicted octanol–water partition coefficient (Wildman–Crippen LogP) is 5.21. The van der Waals surface area contributed by atoms with Crippen LogP contribution in [0.1, 0.15) is 18.5 Å². The Morgan fingerprint density at radius 3 is 2.33 bits per heavy atom. The first-order valence-electron chi connectivity index (χ1n) is 8.73. The number of para-hydroxylation sites is 1. The van der Waals surface area contributed by atoms with Crippen LogP contribution in [0.5, 0.6) is 0 Å². The zero-order chi connectivity index (χ0) is 18.8. The topological polar surface area (TPSA) is 46.9 Å². The number of fused-ring (bicyclic) bond motifs is 1. The van der Waals surface area contributed by atoms with Gasteiger partial charge in [-0.3, -0.25) is 4.57 Å². The zero-order valence-corrected chi connectivity index (χ0v) is 15.5. The van der Waals surface area contributed by atoms with Gasteiger partial charge in [-0.2, -0.15) is 4.98 Å². The number of aromatic nitrogens is 2. The van der Waals surface area contributed by atoms with E-state index in [0.717, 1.165) is 22.2 Å². The predicted molar refractivity (Wildman–Crippen MR) is 111 cm³/mol. The molecule has 1 unspecified atom stereocenters. The van der Waals surface area contributed by atoms with Crippen molar-refractivity contribution in [1.29, 1.82) is 0 Å². The van der Waals surface area contributed by atoms with Crippen LogP contribution >= 0.6 is 11.6 Å². The molecule has 27 heavy (non-hydrogen) atoms. The first-order chi connectivity index (χ1) is 13.1. The number of nitrogens with one attached hydrogen (secondary N) is 1. The third kappa shape index (κ3) is 3.44. The van der Waals surface area contributed by atoms with Crippen LogP contribution in [0.25, 0.3) is 16.6 Å². The van der Waals surface area contributed by atoms with E-state index in [1.54, 1.807) is 10.6 Å². The minimum atomic E-state index is -0.348. The molecule has 3 aromatic carbocycles. The van der Waals surface area contributed by atoms with Crippen molar-refractivity contribution in [2.75, 3.05) is 5.32 Å². The van der Waals surface area contributed by atoms with E-state index in [4.69, 9.17) is 11.6 Å². The fourth-order valence-corrected chi connectivity index (χ4v) is 3.33. The number of hydrogen-bond donors (Lipinski definition) is 1. The summed E-state index contributed by atoms with van der Waals surface area (Å²) >= 11 is 6.23. The van der Waals surface area contributed by atoms with Gasteiger partial charge in [-0.15, -0.1) is 0 Å². The Labute approximate surface area is 162 Å². The summed E-state index contributed by atoms with van der Waals surface area (Å²) in [7, 11) is 0.